The molecular weight excluding hydrogens is 384 g/mol. The number of halogens is 1. The molecule has 152 valence electrons. The first kappa shape index (κ1) is 21.5. The van der Waals surface area contributed by atoms with Gasteiger partial charge < -0.3 is 4.90 Å². The zero-order chi connectivity index (χ0) is 20.5. The van der Waals surface area contributed by atoms with Gasteiger partial charge in [0.25, 0.3) is 0 Å². The Bertz CT molecular complexity index is 820. The minimum absolute atomic E-state index is 0.0148. The fourth-order valence-electron chi connectivity index (χ4n) is 4.33. The largest absolute Gasteiger partial charge is 0.359 e. The molecule has 2 nitrogen and oxygen atoms in total. The van der Waals surface area contributed by atoms with E-state index in [9.17, 15) is 0 Å². The first-order valence-electron chi connectivity index (χ1n) is 10.5. The summed E-state index contributed by atoms with van der Waals surface area (Å²) in [5.74, 6) is 0. The van der Waals surface area contributed by atoms with Gasteiger partial charge in [-0.25, -0.2) is 0 Å². The predicted molar refractivity (Wildman–Crippen MR) is 125 cm³/mol. The number of fused-ring (bicyclic) bond motifs is 1. The van der Waals surface area contributed by atoms with Gasteiger partial charge in [0.05, 0.1) is 16.0 Å². The second-order valence-electron chi connectivity index (χ2n) is 8.73. The minimum Gasteiger partial charge on any atom is -0.359 e. The van der Waals surface area contributed by atoms with Crippen molar-refractivity contribution in [2.24, 2.45) is 0 Å². The summed E-state index contributed by atoms with van der Waals surface area (Å²) in [5, 5.41) is 1.26. The lowest BCUT2D eigenvalue weighted by atomic mass is 9.81. The smallest absolute Gasteiger partial charge is 0.209 e. The van der Waals surface area contributed by atoms with Crippen molar-refractivity contribution in [2.45, 2.75) is 70.0 Å². The number of hydrogen-bond acceptors (Lipinski definition) is 2. The minimum atomic E-state index is -0.0240. The molecule has 28 heavy (non-hydrogen) atoms. The van der Waals surface area contributed by atoms with Crippen molar-refractivity contribution in [1.29, 1.82) is 0 Å². The summed E-state index contributed by atoms with van der Waals surface area (Å²) in [6, 6.07) is 8.85. The van der Waals surface area contributed by atoms with Gasteiger partial charge in [0.1, 0.15) is 11.3 Å². The predicted octanol–water partition coefficient (Wildman–Crippen LogP) is 6.67. The zero-order valence-electron chi connectivity index (χ0n) is 18.1. The van der Waals surface area contributed by atoms with Gasteiger partial charge >= 0.3 is 0 Å². The molecule has 1 atom stereocenters. The lowest BCUT2D eigenvalue weighted by molar-refractivity contribution is -0.438. The highest BCUT2D eigenvalue weighted by molar-refractivity contribution is 8.05. The first-order valence-corrected chi connectivity index (χ1v) is 11.8. The van der Waals surface area contributed by atoms with E-state index in [1.165, 1.54) is 34.8 Å². The van der Waals surface area contributed by atoms with Crippen molar-refractivity contribution in [3.8, 4) is 0 Å². The van der Waals surface area contributed by atoms with E-state index in [-0.39, 0.29) is 15.7 Å². The molecule has 4 heteroatoms. The molecule has 0 spiro atoms. The summed E-state index contributed by atoms with van der Waals surface area (Å²) < 4.78 is 2.59. The van der Waals surface area contributed by atoms with E-state index in [0.717, 1.165) is 13.1 Å². The maximum atomic E-state index is 6.61. The molecule has 0 aromatic heterocycles. The third-order valence-electron chi connectivity index (χ3n) is 6.09. The Morgan fingerprint density at radius 2 is 1.89 bits per heavy atom. The van der Waals surface area contributed by atoms with E-state index in [1.807, 2.05) is 0 Å². The summed E-state index contributed by atoms with van der Waals surface area (Å²) in [5.41, 5.74) is 4.16. The average Bonchev–Trinajstić information content (AvgIpc) is 3.00. The van der Waals surface area contributed by atoms with Crippen LogP contribution in [0.25, 0.3) is 0 Å². The van der Waals surface area contributed by atoms with Gasteiger partial charge in [-0.15, -0.1) is 11.6 Å². The van der Waals surface area contributed by atoms with Crippen LogP contribution in [-0.2, 0) is 5.41 Å². The summed E-state index contributed by atoms with van der Waals surface area (Å²) in [4.78, 5) is 2.41. The molecule has 2 heterocycles. The maximum Gasteiger partial charge on any atom is 0.209 e. The van der Waals surface area contributed by atoms with Gasteiger partial charge in [-0.3, -0.25) is 0 Å². The molecule has 1 fully saturated rings. The quantitative estimate of drug-likeness (QED) is 0.376. The van der Waals surface area contributed by atoms with E-state index in [2.05, 4.69) is 93.5 Å². The molecule has 2 aliphatic rings. The molecule has 3 rings (SSSR count). The van der Waals surface area contributed by atoms with Crippen LogP contribution in [0.3, 0.4) is 0 Å². The summed E-state index contributed by atoms with van der Waals surface area (Å²) in [7, 11) is 0. The third-order valence-corrected chi connectivity index (χ3v) is 8.27. The lowest BCUT2D eigenvalue weighted by Gasteiger charge is -2.33. The molecule has 1 unspecified atom stereocenters. The average molecular weight is 418 g/mol. The highest BCUT2D eigenvalue weighted by Gasteiger charge is 2.44. The second kappa shape index (κ2) is 8.28. The third kappa shape index (κ3) is 3.68. The van der Waals surface area contributed by atoms with Gasteiger partial charge in [-0.05, 0) is 40.7 Å². The normalized spacial score (nSPS) is 24.6. The number of hydrogen-bond donors (Lipinski definition) is 0. The molecule has 2 aliphatic heterocycles. The fraction of sp³-hybridized carbons (Fsp3) is 0.542. The van der Waals surface area contributed by atoms with Crippen LogP contribution in [0.2, 0.25) is 0 Å². The van der Waals surface area contributed by atoms with Gasteiger partial charge in [-0.2, -0.15) is 4.58 Å². The van der Waals surface area contributed by atoms with Crippen molar-refractivity contribution in [2.75, 3.05) is 13.1 Å². The molecule has 0 N–H and O–H groups in total. The Kier molecular flexibility index (Phi) is 6.36. The van der Waals surface area contributed by atoms with Crippen LogP contribution < -0.4 is 0 Å². The Morgan fingerprint density at radius 1 is 1.18 bits per heavy atom. The number of benzene rings is 1. The monoisotopic (exact) mass is 417 g/mol. The maximum absolute atomic E-state index is 6.61. The summed E-state index contributed by atoms with van der Waals surface area (Å²) >= 11 is 8.38. The molecule has 0 saturated carbocycles. The number of para-hydroxylation sites is 1. The summed E-state index contributed by atoms with van der Waals surface area (Å²) in [6.45, 7) is 15.6. The van der Waals surface area contributed by atoms with Crippen molar-refractivity contribution in [1.82, 2.24) is 4.90 Å². The summed E-state index contributed by atoms with van der Waals surface area (Å²) in [6.07, 6.45) is 9.17. The van der Waals surface area contributed by atoms with Crippen LogP contribution in [-0.4, -0.2) is 38.5 Å². The molecule has 1 saturated heterocycles. The van der Waals surface area contributed by atoms with Crippen LogP contribution in [0.5, 0.6) is 0 Å². The van der Waals surface area contributed by atoms with Crippen molar-refractivity contribution < 1.29 is 4.58 Å². The molecular formula is C24H34ClN2S+. The lowest BCUT2D eigenvalue weighted by Crippen LogP contribution is -2.42. The van der Waals surface area contributed by atoms with Gasteiger partial charge in [0.15, 0.2) is 5.71 Å². The Balaban J connectivity index is 1.95. The number of thioether (sulfide) groups is 1. The number of allylic oxidation sites excluding steroid dienone is 3. The van der Waals surface area contributed by atoms with Crippen LogP contribution in [0.1, 0.15) is 59.9 Å². The van der Waals surface area contributed by atoms with Gasteiger partial charge in [-0.1, -0.05) is 49.4 Å². The van der Waals surface area contributed by atoms with Crippen LogP contribution >= 0.6 is 23.4 Å². The van der Waals surface area contributed by atoms with Crippen LogP contribution in [0.4, 0.5) is 5.69 Å². The fourth-order valence-corrected chi connectivity index (χ4v) is 6.00. The molecule has 0 bridgehead atoms. The number of rotatable bonds is 6. The van der Waals surface area contributed by atoms with Crippen LogP contribution in [0, 0.1) is 0 Å². The number of alkyl halides is 1. The molecule has 1 aromatic carbocycles. The Hall–Kier alpha value is -1.19. The van der Waals surface area contributed by atoms with Crippen molar-refractivity contribution in [3.63, 3.8) is 0 Å². The van der Waals surface area contributed by atoms with Crippen molar-refractivity contribution in [3.05, 3.63) is 53.1 Å². The molecule has 0 aliphatic carbocycles. The van der Waals surface area contributed by atoms with Crippen LogP contribution in [0.15, 0.2) is 47.5 Å². The zero-order valence-corrected chi connectivity index (χ0v) is 19.7. The van der Waals surface area contributed by atoms with E-state index >= 15 is 0 Å². The number of nitrogens with zero attached hydrogens (tertiary/aromatic N) is 2. The highest BCUT2D eigenvalue weighted by atomic mass is 35.5. The van der Waals surface area contributed by atoms with E-state index in [1.54, 1.807) is 11.8 Å². The molecule has 1 aromatic rings. The van der Waals surface area contributed by atoms with E-state index in [4.69, 9.17) is 11.6 Å². The SMILES string of the molecule is CCCC[N+]1=C(/C=C/C=C2\SC(Cl)C(C)(C)N2CC)C(C)(C)c2ccccc21. The Morgan fingerprint density at radius 3 is 2.57 bits per heavy atom. The molecule has 0 amide bonds. The standard InChI is InChI=1S/C24H34ClN2S/c1-7-9-17-26-19-14-11-10-13-18(19)23(3,4)20(26)15-12-16-21-27(8-2)24(5,6)22(25)28-21/h10-16,22H,7-9,17H2,1-6H3/q+1. The van der Waals surface area contributed by atoms with E-state index in [0.29, 0.717) is 0 Å². The van der Waals surface area contributed by atoms with Gasteiger partial charge in [0, 0.05) is 30.7 Å². The Labute approximate surface area is 180 Å². The first-order chi connectivity index (χ1) is 13.2. The molecule has 0 radical (unpaired) electrons. The topological polar surface area (TPSA) is 6.25 Å². The van der Waals surface area contributed by atoms with Gasteiger partial charge in [0.2, 0.25) is 5.69 Å². The second-order valence-corrected chi connectivity index (χ2v) is 10.5. The highest BCUT2D eigenvalue weighted by Crippen LogP contribution is 2.47. The van der Waals surface area contributed by atoms with E-state index < -0.39 is 0 Å². The van der Waals surface area contributed by atoms with Crippen molar-refractivity contribution >= 4 is 34.8 Å². The number of unbranched alkanes of at least 4 members (excludes halogenated alkanes) is 1.